The number of nitrogens with one attached hydrogen (secondary N) is 2. The number of sulfone groups is 1. The number of rotatable bonds is 6. The summed E-state index contributed by atoms with van der Waals surface area (Å²) in [5, 5.41) is 4.15. The van der Waals surface area contributed by atoms with Crippen molar-refractivity contribution in [3.63, 3.8) is 0 Å². The number of hydrogen-bond acceptors (Lipinski definition) is 5. The van der Waals surface area contributed by atoms with Crippen LogP contribution in [0.1, 0.15) is 29.0 Å². The van der Waals surface area contributed by atoms with Gasteiger partial charge < -0.3 is 15.1 Å². The molecular weight excluding hydrogens is 508 g/mol. The summed E-state index contributed by atoms with van der Waals surface area (Å²) in [4.78, 5) is 25.7. The minimum Gasteiger partial charge on any atom is -0.457 e. The van der Waals surface area contributed by atoms with Crippen molar-refractivity contribution in [2.24, 2.45) is 0 Å². The molecular formula is C24H21BrN2O5S. The summed E-state index contributed by atoms with van der Waals surface area (Å²) in [6.07, 6.45) is 2.21. The molecule has 3 aromatic rings. The molecule has 0 bridgehead atoms. The van der Waals surface area contributed by atoms with Crippen molar-refractivity contribution in [3.05, 3.63) is 88.2 Å². The van der Waals surface area contributed by atoms with Gasteiger partial charge in [0.2, 0.25) is 0 Å². The van der Waals surface area contributed by atoms with E-state index in [1.54, 1.807) is 42.5 Å². The predicted octanol–water partition coefficient (Wildman–Crippen LogP) is 4.13. The predicted molar refractivity (Wildman–Crippen MR) is 129 cm³/mol. The third-order valence-corrected chi connectivity index (χ3v) is 7.80. The van der Waals surface area contributed by atoms with E-state index in [9.17, 15) is 18.0 Å². The molecule has 0 spiro atoms. The second kappa shape index (κ2) is 9.76. The maximum absolute atomic E-state index is 13.0. The molecule has 0 saturated carbocycles. The molecule has 2 aromatic carbocycles. The van der Waals surface area contributed by atoms with E-state index in [1.807, 2.05) is 24.3 Å². The molecule has 1 saturated heterocycles. The number of hydrogen-bond donors (Lipinski definition) is 2. The van der Waals surface area contributed by atoms with Crippen LogP contribution in [0.2, 0.25) is 0 Å². The minimum atomic E-state index is -3.40. The first-order valence-electron chi connectivity index (χ1n) is 10.3. The van der Waals surface area contributed by atoms with Crippen LogP contribution in [0.25, 0.3) is 17.4 Å². The molecule has 33 heavy (non-hydrogen) atoms. The highest BCUT2D eigenvalue weighted by Crippen LogP contribution is 2.25. The van der Waals surface area contributed by atoms with Gasteiger partial charge in [-0.15, -0.1) is 0 Å². The van der Waals surface area contributed by atoms with Crippen LogP contribution in [0, 0.1) is 0 Å². The van der Waals surface area contributed by atoms with Gasteiger partial charge in [0.1, 0.15) is 22.6 Å². The van der Waals surface area contributed by atoms with Gasteiger partial charge in [-0.1, -0.05) is 46.3 Å². The topological polar surface area (TPSA) is 105 Å². The number of amides is 2. The van der Waals surface area contributed by atoms with Crippen molar-refractivity contribution in [3.8, 4) is 11.3 Å². The van der Waals surface area contributed by atoms with E-state index in [0.29, 0.717) is 29.9 Å². The molecule has 0 unspecified atom stereocenters. The van der Waals surface area contributed by atoms with Crippen LogP contribution >= 0.6 is 15.9 Å². The van der Waals surface area contributed by atoms with Gasteiger partial charge >= 0.3 is 0 Å². The third-order valence-electron chi connectivity index (χ3n) is 5.19. The molecule has 1 atom stereocenters. The summed E-state index contributed by atoms with van der Waals surface area (Å²) in [7, 11) is -3.40. The van der Waals surface area contributed by atoms with E-state index in [0.717, 1.165) is 10.0 Å². The average molecular weight is 529 g/mol. The van der Waals surface area contributed by atoms with Gasteiger partial charge in [-0.3, -0.25) is 9.59 Å². The summed E-state index contributed by atoms with van der Waals surface area (Å²) in [6, 6.07) is 19.4. The lowest BCUT2D eigenvalue weighted by Crippen LogP contribution is -2.42. The first kappa shape index (κ1) is 23.0. The van der Waals surface area contributed by atoms with Crippen LogP contribution in [0.3, 0.4) is 0 Å². The minimum absolute atomic E-state index is 0.0299. The van der Waals surface area contributed by atoms with Crippen molar-refractivity contribution in [2.75, 3.05) is 5.75 Å². The van der Waals surface area contributed by atoms with Gasteiger partial charge in [0.05, 0.1) is 5.75 Å². The molecule has 1 aromatic heterocycles. The fraction of sp³-hybridized carbons (Fsp3) is 0.167. The molecule has 1 aliphatic heterocycles. The van der Waals surface area contributed by atoms with Crippen molar-refractivity contribution in [1.82, 2.24) is 10.6 Å². The van der Waals surface area contributed by atoms with Gasteiger partial charge in [-0.25, -0.2) is 8.42 Å². The van der Waals surface area contributed by atoms with E-state index in [4.69, 9.17) is 4.42 Å². The second-order valence-electron chi connectivity index (χ2n) is 7.56. The lowest BCUT2D eigenvalue weighted by atomic mass is 10.2. The Morgan fingerprint density at radius 1 is 1.00 bits per heavy atom. The van der Waals surface area contributed by atoms with Gasteiger partial charge in [-0.05, 0) is 49.2 Å². The van der Waals surface area contributed by atoms with Crippen molar-refractivity contribution in [1.29, 1.82) is 0 Å². The molecule has 0 radical (unpaired) electrons. The van der Waals surface area contributed by atoms with Crippen LogP contribution < -0.4 is 10.6 Å². The summed E-state index contributed by atoms with van der Waals surface area (Å²) in [5.74, 6) is -0.244. The van der Waals surface area contributed by atoms with Gasteiger partial charge in [0, 0.05) is 21.7 Å². The maximum atomic E-state index is 13.0. The van der Waals surface area contributed by atoms with E-state index in [2.05, 4.69) is 26.6 Å². The van der Waals surface area contributed by atoms with Crippen molar-refractivity contribution >= 4 is 43.7 Å². The number of halogens is 1. The SMILES string of the molecule is O=C(N[C@@H]1CCCS1(=O)=O)/C(=C\c1ccc(-c2ccc(Br)cc2)o1)NC(=O)c1ccccc1. The van der Waals surface area contributed by atoms with Gasteiger partial charge in [-0.2, -0.15) is 0 Å². The zero-order chi connectivity index (χ0) is 23.4. The third kappa shape index (κ3) is 5.61. The van der Waals surface area contributed by atoms with Crippen LogP contribution in [0.5, 0.6) is 0 Å². The first-order valence-corrected chi connectivity index (χ1v) is 12.8. The Balaban J connectivity index is 1.61. The number of furan rings is 1. The van der Waals surface area contributed by atoms with Crippen LogP contribution in [-0.2, 0) is 14.6 Å². The lowest BCUT2D eigenvalue weighted by molar-refractivity contribution is -0.118. The van der Waals surface area contributed by atoms with E-state index in [1.165, 1.54) is 6.08 Å². The Bertz CT molecular complexity index is 1300. The fourth-order valence-corrected chi connectivity index (χ4v) is 5.39. The van der Waals surface area contributed by atoms with E-state index >= 15 is 0 Å². The molecule has 2 amide bonds. The van der Waals surface area contributed by atoms with Crippen molar-refractivity contribution in [2.45, 2.75) is 18.2 Å². The average Bonchev–Trinajstić information content (AvgIpc) is 3.40. The molecule has 2 N–H and O–H groups in total. The van der Waals surface area contributed by atoms with E-state index < -0.39 is 27.0 Å². The Labute approximate surface area is 199 Å². The number of carbonyl (C=O) groups excluding carboxylic acids is 2. The van der Waals surface area contributed by atoms with Gasteiger partial charge in [0.15, 0.2) is 9.84 Å². The molecule has 0 aliphatic carbocycles. The van der Waals surface area contributed by atoms with Crippen LogP contribution in [0.4, 0.5) is 0 Å². The summed E-state index contributed by atoms with van der Waals surface area (Å²) >= 11 is 3.39. The van der Waals surface area contributed by atoms with E-state index in [-0.39, 0.29) is 11.4 Å². The Morgan fingerprint density at radius 3 is 2.39 bits per heavy atom. The summed E-state index contributed by atoms with van der Waals surface area (Å²) in [5.41, 5.74) is 1.09. The largest absolute Gasteiger partial charge is 0.457 e. The number of benzene rings is 2. The highest BCUT2D eigenvalue weighted by Gasteiger charge is 2.33. The lowest BCUT2D eigenvalue weighted by Gasteiger charge is -2.15. The highest BCUT2D eigenvalue weighted by molar-refractivity contribution is 9.10. The second-order valence-corrected chi connectivity index (χ2v) is 10.8. The highest BCUT2D eigenvalue weighted by atomic mass is 79.9. The molecule has 4 rings (SSSR count). The molecule has 2 heterocycles. The van der Waals surface area contributed by atoms with Crippen LogP contribution in [-0.4, -0.2) is 31.4 Å². The Hall–Kier alpha value is -3.17. The number of carbonyl (C=O) groups is 2. The van der Waals surface area contributed by atoms with Gasteiger partial charge in [0.25, 0.3) is 11.8 Å². The molecule has 170 valence electrons. The normalized spacial score (nSPS) is 17.5. The molecule has 1 fully saturated rings. The van der Waals surface area contributed by atoms with Crippen LogP contribution in [0.15, 0.2) is 81.3 Å². The fourth-order valence-electron chi connectivity index (χ4n) is 3.46. The Kier molecular flexibility index (Phi) is 6.80. The zero-order valence-electron chi connectivity index (χ0n) is 17.5. The molecule has 1 aliphatic rings. The Morgan fingerprint density at radius 2 is 1.73 bits per heavy atom. The quantitative estimate of drug-likeness (QED) is 0.468. The first-order chi connectivity index (χ1) is 15.8. The molecule has 9 heteroatoms. The standard InChI is InChI=1S/C24H21BrN2O5S/c25-18-10-8-16(9-11-18)21-13-12-19(32-21)15-20(26-23(28)17-5-2-1-3-6-17)24(29)27-22-7-4-14-33(22,30)31/h1-3,5-6,8-13,15,22H,4,7,14H2,(H,26,28)(H,27,29)/b20-15+/t22-/m0/s1. The summed E-state index contributed by atoms with van der Waals surface area (Å²) < 4.78 is 31.1. The zero-order valence-corrected chi connectivity index (χ0v) is 19.9. The smallest absolute Gasteiger partial charge is 0.268 e. The van der Waals surface area contributed by atoms with Crippen molar-refractivity contribution < 1.29 is 22.4 Å². The summed E-state index contributed by atoms with van der Waals surface area (Å²) in [6.45, 7) is 0. The monoisotopic (exact) mass is 528 g/mol. The maximum Gasteiger partial charge on any atom is 0.268 e. The molecule has 7 nitrogen and oxygen atoms in total.